The van der Waals surface area contributed by atoms with Crippen LogP contribution in [0.5, 0.6) is 0 Å². The van der Waals surface area contributed by atoms with Crippen LogP contribution in [0.25, 0.3) is 11.0 Å². The summed E-state index contributed by atoms with van der Waals surface area (Å²) in [6.07, 6.45) is 1.67. The van der Waals surface area contributed by atoms with Gasteiger partial charge in [-0.15, -0.1) is 0 Å². The lowest BCUT2D eigenvalue weighted by Gasteiger charge is -2.43. The normalized spacial score (nSPS) is 26.6. The summed E-state index contributed by atoms with van der Waals surface area (Å²) in [6.45, 7) is 3.48. The Kier molecular flexibility index (Phi) is 3.65. The topological polar surface area (TPSA) is 70.8 Å². The molecule has 2 aliphatic rings. The quantitative estimate of drug-likeness (QED) is 0.817. The van der Waals surface area contributed by atoms with Crippen LogP contribution >= 0.6 is 0 Å². The van der Waals surface area contributed by atoms with Crippen molar-refractivity contribution in [2.75, 3.05) is 24.6 Å². The molecule has 0 aliphatic carbocycles. The van der Waals surface area contributed by atoms with Gasteiger partial charge in [-0.1, -0.05) is 6.07 Å². The molecule has 2 fully saturated rings. The number of sulfone groups is 1. The third kappa shape index (κ3) is 2.71. The molecule has 128 valence electrons. The lowest BCUT2D eigenvalue weighted by Crippen LogP contribution is -2.59. The van der Waals surface area contributed by atoms with Gasteiger partial charge in [0.1, 0.15) is 5.58 Å². The first kappa shape index (κ1) is 15.7. The van der Waals surface area contributed by atoms with Gasteiger partial charge in [-0.05, 0) is 23.8 Å². The van der Waals surface area contributed by atoms with E-state index in [0.29, 0.717) is 19.6 Å². The maximum atomic E-state index is 12.1. The minimum absolute atomic E-state index is 0.0402. The fourth-order valence-corrected chi connectivity index (χ4v) is 5.97. The average molecular weight is 348 g/mol. The van der Waals surface area contributed by atoms with Gasteiger partial charge in [0.15, 0.2) is 9.84 Å². The zero-order valence-corrected chi connectivity index (χ0v) is 14.3. The first-order valence-electron chi connectivity index (χ1n) is 8.11. The number of benzene rings is 1. The first-order valence-corrected chi connectivity index (χ1v) is 9.93. The molecular weight excluding hydrogens is 328 g/mol. The van der Waals surface area contributed by atoms with Gasteiger partial charge in [-0.2, -0.15) is 0 Å². The van der Waals surface area contributed by atoms with E-state index in [-0.39, 0.29) is 29.5 Å². The van der Waals surface area contributed by atoms with Gasteiger partial charge < -0.3 is 9.32 Å². The predicted octanol–water partition coefficient (Wildman–Crippen LogP) is 1.26. The van der Waals surface area contributed by atoms with Crippen molar-refractivity contribution in [2.24, 2.45) is 0 Å². The fourth-order valence-electron chi connectivity index (χ4n) is 3.96. The summed E-state index contributed by atoms with van der Waals surface area (Å²) < 4.78 is 29.6. The molecule has 0 bridgehead atoms. The third-order valence-corrected chi connectivity index (χ3v) is 6.80. The molecule has 1 aromatic heterocycles. The number of furan rings is 1. The number of hydrogen-bond donors (Lipinski definition) is 0. The van der Waals surface area contributed by atoms with Crippen LogP contribution in [0.15, 0.2) is 34.9 Å². The summed E-state index contributed by atoms with van der Waals surface area (Å²) in [6, 6.07) is 7.62. The summed E-state index contributed by atoms with van der Waals surface area (Å²) >= 11 is 0. The molecule has 1 aromatic carbocycles. The molecule has 2 atom stereocenters. The summed E-state index contributed by atoms with van der Waals surface area (Å²) in [7, 11) is -3.10. The minimum Gasteiger partial charge on any atom is -0.464 e. The van der Waals surface area contributed by atoms with Crippen LogP contribution in [0.1, 0.15) is 12.5 Å². The van der Waals surface area contributed by atoms with E-state index in [0.717, 1.165) is 16.5 Å². The Bertz CT molecular complexity index is 889. The predicted molar refractivity (Wildman–Crippen MR) is 90.2 cm³/mol. The van der Waals surface area contributed by atoms with Crippen molar-refractivity contribution < 1.29 is 17.6 Å². The Hall–Kier alpha value is -1.86. The van der Waals surface area contributed by atoms with Crippen molar-refractivity contribution in [1.82, 2.24) is 9.80 Å². The van der Waals surface area contributed by atoms with Crippen molar-refractivity contribution in [2.45, 2.75) is 25.6 Å². The second-order valence-electron chi connectivity index (χ2n) is 6.69. The molecule has 0 spiro atoms. The largest absolute Gasteiger partial charge is 0.464 e. The summed E-state index contributed by atoms with van der Waals surface area (Å²) in [5.41, 5.74) is 1.98. The second kappa shape index (κ2) is 5.60. The highest BCUT2D eigenvalue weighted by Gasteiger charge is 2.47. The molecule has 0 N–H and O–H groups in total. The summed E-state index contributed by atoms with van der Waals surface area (Å²) in [5.74, 6) is 0.172. The van der Waals surface area contributed by atoms with E-state index in [1.165, 1.54) is 6.92 Å². The van der Waals surface area contributed by atoms with Crippen LogP contribution in [0.3, 0.4) is 0 Å². The van der Waals surface area contributed by atoms with E-state index < -0.39 is 9.84 Å². The van der Waals surface area contributed by atoms with Gasteiger partial charge in [0, 0.05) is 38.0 Å². The molecular formula is C17H20N2O4S. The number of carbonyl (C=O) groups excluding carboxylic acids is 1. The van der Waals surface area contributed by atoms with Gasteiger partial charge >= 0.3 is 0 Å². The zero-order chi connectivity index (χ0) is 16.9. The van der Waals surface area contributed by atoms with Crippen LogP contribution < -0.4 is 0 Å². The fraction of sp³-hybridized carbons (Fsp3) is 0.471. The van der Waals surface area contributed by atoms with Crippen LogP contribution in [-0.2, 0) is 21.2 Å². The zero-order valence-electron chi connectivity index (χ0n) is 13.5. The standard InChI is InChI=1S/C17H20N2O4S/c1-12(20)19-6-5-18(15-10-24(21,22)11-16(15)19)9-13-2-3-17-14(8-13)4-7-23-17/h2-4,7-8,15-16H,5-6,9-11H2,1H3/t15-,16+/m0/s1. The van der Waals surface area contributed by atoms with Crippen molar-refractivity contribution in [1.29, 1.82) is 0 Å². The van der Waals surface area contributed by atoms with Crippen molar-refractivity contribution in [3.63, 3.8) is 0 Å². The molecule has 2 aromatic rings. The molecule has 7 heteroatoms. The van der Waals surface area contributed by atoms with Crippen LogP contribution in [0, 0.1) is 0 Å². The summed E-state index contributed by atoms with van der Waals surface area (Å²) in [4.78, 5) is 15.8. The number of nitrogens with zero attached hydrogens (tertiary/aromatic N) is 2. The highest BCUT2D eigenvalue weighted by molar-refractivity contribution is 7.91. The highest BCUT2D eigenvalue weighted by Crippen LogP contribution is 2.29. The van der Waals surface area contributed by atoms with Crippen molar-refractivity contribution >= 4 is 26.7 Å². The number of fused-ring (bicyclic) bond motifs is 2. The van der Waals surface area contributed by atoms with Crippen molar-refractivity contribution in [3.8, 4) is 0 Å². The Balaban J connectivity index is 1.60. The Morgan fingerprint density at radius 2 is 2.00 bits per heavy atom. The monoisotopic (exact) mass is 348 g/mol. The molecule has 24 heavy (non-hydrogen) atoms. The average Bonchev–Trinajstić information content (AvgIpc) is 3.09. The van der Waals surface area contributed by atoms with Crippen LogP contribution in [0.4, 0.5) is 0 Å². The molecule has 6 nitrogen and oxygen atoms in total. The van der Waals surface area contributed by atoms with Crippen LogP contribution in [0.2, 0.25) is 0 Å². The minimum atomic E-state index is -3.10. The second-order valence-corrected chi connectivity index (χ2v) is 8.84. The number of carbonyl (C=O) groups is 1. The lowest BCUT2D eigenvalue weighted by atomic mass is 10.0. The lowest BCUT2D eigenvalue weighted by molar-refractivity contribution is -0.134. The number of hydrogen-bond acceptors (Lipinski definition) is 5. The van der Waals surface area contributed by atoms with E-state index in [1.54, 1.807) is 11.2 Å². The molecule has 0 radical (unpaired) electrons. The van der Waals surface area contributed by atoms with Crippen molar-refractivity contribution in [3.05, 3.63) is 36.1 Å². The number of piperazine rings is 1. The van der Waals surface area contributed by atoms with E-state index in [1.807, 2.05) is 18.2 Å². The molecule has 2 saturated heterocycles. The van der Waals surface area contributed by atoms with E-state index in [9.17, 15) is 13.2 Å². The maximum Gasteiger partial charge on any atom is 0.219 e. The number of amides is 1. The van der Waals surface area contributed by atoms with Gasteiger partial charge in [-0.3, -0.25) is 9.69 Å². The Morgan fingerprint density at radius 3 is 2.79 bits per heavy atom. The van der Waals surface area contributed by atoms with Gasteiger partial charge in [0.25, 0.3) is 0 Å². The third-order valence-electron chi connectivity index (χ3n) is 5.10. The Morgan fingerprint density at radius 1 is 1.21 bits per heavy atom. The van der Waals surface area contributed by atoms with E-state index >= 15 is 0 Å². The van der Waals surface area contributed by atoms with Gasteiger partial charge in [0.05, 0.1) is 23.8 Å². The van der Waals surface area contributed by atoms with E-state index in [4.69, 9.17) is 4.42 Å². The first-order chi connectivity index (χ1) is 11.4. The van der Waals surface area contributed by atoms with Gasteiger partial charge in [0.2, 0.25) is 5.91 Å². The summed E-state index contributed by atoms with van der Waals surface area (Å²) in [5, 5.41) is 1.05. The molecule has 1 amide bonds. The van der Waals surface area contributed by atoms with Gasteiger partial charge in [-0.25, -0.2) is 8.42 Å². The Labute approximate surface area is 140 Å². The van der Waals surface area contributed by atoms with E-state index in [2.05, 4.69) is 11.0 Å². The number of rotatable bonds is 2. The molecule has 2 aliphatic heterocycles. The highest BCUT2D eigenvalue weighted by atomic mass is 32.2. The molecule has 3 heterocycles. The SMILES string of the molecule is CC(=O)N1CCN(Cc2ccc3occc3c2)[C@H]2CS(=O)(=O)C[C@H]21. The molecule has 4 rings (SSSR count). The molecule has 0 saturated carbocycles. The maximum absolute atomic E-state index is 12.1. The smallest absolute Gasteiger partial charge is 0.219 e. The van der Waals surface area contributed by atoms with Crippen LogP contribution in [-0.4, -0.2) is 60.8 Å². The molecule has 0 unspecified atom stereocenters.